The van der Waals surface area contributed by atoms with Gasteiger partial charge in [-0.05, 0) is 49.4 Å². The number of nitrogens with one attached hydrogen (secondary N) is 1. The second kappa shape index (κ2) is 7.98. The molecule has 1 amide bonds. The molecule has 6 heteroatoms. The molecule has 4 rings (SSSR count). The van der Waals surface area contributed by atoms with Gasteiger partial charge in [0.25, 0.3) is 5.91 Å². The molecule has 27 heavy (non-hydrogen) atoms. The summed E-state index contributed by atoms with van der Waals surface area (Å²) in [5.74, 6) is 1.81. The molecule has 1 atom stereocenters. The minimum absolute atomic E-state index is 0.0465. The number of thiophene rings is 1. The fourth-order valence-electron chi connectivity index (χ4n) is 3.89. The molecule has 1 N–H and O–H groups in total. The smallest absolute Gasteiger partial charge is 0.252 e. The largest absolute Gasteiger partial charge is 0.354 e. The van der Waals surface area contributed by atoms with Crippen molar-refractivity contribution in [1.29, 1.82) is 0 Å². The van der Waals surface area contributed by atoms with E-state index < -0.39 is 0 Å². The highest BCUT2D eigenvalue weighted by molar-refractivity contribution is 7.10. The molecule has 1 aliphatic heterocycles. The summed E-state index contributed by atoms with van der Waals surface area (Å²) < 4.78 is 0. The topological polar surface area (TPSA) is 48.5 Å². The summed E-state index contributed by atoms with van der Waals surface area (Å²) in [7, 11) is 2.15. The highest BCUT2D eigenvalue weighted by Gasteiger charge is 2.23. The lowest BCUT2D eigenvalue weighted by atomic mass is 9.88. The predicted molar refractivity (Wildman–Crippen MR) is 111 cm³/mol. The lowest BCUT2D eigenvalue weighted by Crippen LogP contribution is -2.44. The summed E-state index contributed by atoms with van der Waals surface area (Å²) in [6, 6.07) is 4.15. The van der Waals surface area contributed by atoms with Crippen LogP contribution in [0.2, 0.25) is 0 Å². The Morgan fingerprint density at radius 3 is 2.85 bits per heavy atom. The minimum Gasteiger partial charge on any atom is -0.354 e. The molecule has 5 nitrogen and oxygen atoms in total. The first-order valence-electron chi connectivity index (χ1n) is 9.86. The van der Waals surface area contributed by atoms with Crippen LogP contribution >= 0.6 is 11.3 Å². The maximum atomic E-state index is 12.6. The van der Waals surface area contributed by atoms with Gasteiger partial charge in [0.1, 0.15) is 5.82 Å². The Kier molecular flexibility index (Phi) is 5.45. The van der Waals surface area contributed by atoms with E-state index in [0.29, 0.717) is 6.54 Å². The van der Waals surface area contributed by atoms with Crippen LogP contribution in [-0.4, -0.2) is 49.0 Å². The highest BCUT2D eigenvalue weighted by Crippen LogP contribution is 2.32. The molecule has 0 aromatic carbocycles. The molecule has 144 valence electrons. The van der Waals surface area contributed by atoms with Gasteiger partial charge < -0.3 is 15.1 Å². The van der Waals surface area contributed by atoms with Crippen molar-refractivity contribution >= 4 is 23.1 Å². The molecule has 1 saturated heterocycles. The number of anilines is 1. The lowest BCUT2D eigenvalue weighted by molar-refractivity contribution is 0.0950. The van der Waals surface area contributed by atoms with Crippen molar-refractivity contribution in [3.8, 4) is 0 Å². The number of likely N-dealkylation sites (N-methyl/N-ethyl adjacent to an activating group) is 1. The molecule has 0 radical (unpaired) electrons. The van der Waals surface area contributed by atoms with Crippen molar-refractivity contribution in [1.82, 2.24) is 15.2 Å². The molecule has 2 aliphatic rings. The summed E-state index contributed by atoms with van der Waals surface area (Å²) in [4.78, 5) is 23.3. The lowest BCUT2D eigenvalue weighted by Gasteiger charge is -2.33. The van der Waals surface area contributed by atoms with Crippen molar-refractivity contribution < 1.29 is 4.79 Å². The van der Waals surface area contributed by atoms with Gasteiger partial charge in [0.05, 0.1) is 5.56 Å². The molecule has 2 aromatic heterocycles. The first-order valence-corrected chi connectivity index (χ1v) is 10.7. The molecule has 3 heterocycles. The molecule has 0 saturated carbocycles. The number of hydrogen-bond acceptors (Lipinski definition) is 5. The van der Waals surface area contributed by atoms with Crippen LogP contribution < -0.4 is 10.2 Å². The van der Waals surface area contributed by atoms with Gasteiger partial charge in [-0.25, -0.2) is 4.98 Å². The third-order valence-corrected chi connectivity index (χ3v) is 6.79. The number of carbonyl (C=O) groups excluding carboxylic acids is 1. The van der Waals surface area contributed by atoms with Crippen LogP contribution in [0.25, 0.3) is 0 Å². The number of carbonyl (C=O) groups is 1. The van der Waals surface area contributed by atoms with Gasteiger partial charge in [-0.2, -0.15) is 0 Å². The van der Waals surface area contributed by atoms with E-state index in [-0.39, 0.29) is 5.91 Å². The van der Waals surface area contributed by atoms with Crippen LogP contribution in [0.3, 0.4) is 0 Å². The minimum atomic E-state index is 0.0465. The van der Waals surface area contributed by atoms with Crippen LogP contribution in [0.1, 0.15) is 39.7 Å². The van der Waals surface area contributed by atoms with E-state index >= 15 is 0 Å². The Balaban J connectivity index is 1.34. The number of rotatable bonds is 4. The van der Waals surface area contributed by atoms with E-state index in [0.717, 1.165) is 61.9 Å². The fourth-order valence-corrected chi connectivity index (χ4v) is 5.13. The van der Waals surface area contributed by atoms with Crippen molar-refractivity contribution in [2.75, 3.05) is 38.1 Å². The maximum absolute atomic E-state index is 12.6. The third-order valence-electron chi connectivity index (χ3n) is 5.74. The van der Waals surface area contributed by atoms with Gasteiger partial charge >= 0.3 is 0 Å². The summed E-state index contributed by atoms with van der Waals surface area (Å²) in [6.07, 6.45) is 5.22. The van der Waals surface area contributed by atoms with Gasteiger partial charge in [-0.3, -0.25) is 4.79 Å². The van der Waals surface area contributed by atoms with Gasteiger partial charge in [-0.1, -0.05) is 13.0 Å². The van der Waals surface area contributed by atoms with E-state index in [1.807, 2.05) is 11.6 Å². The van der Waals surface area contributed by atoms with Crippen LogP contribution in [0.5, 0.6) is 0 Å². The van der Waals surface area contributed by atoms with Crippen LogP contribution in [0.4, 0.5) is 5.82 Å². The Morgan fingerprint density at radius 1 is 1.30 bits per heavy atom. The number of pyridine rings is 1. The standard InChI is InChI=1S/C21H28N4OS/c1-15-3-5-17-18(14-27-19(17)11-15)21(26)23-13-16-4-6-20(22-12-16)25-9-7-24(2)8-10-25/h4,6,12,14-15H,3,5,7-11,13H2,1-2H3,(H,23,26). The zero-order chi connectivity index (χ0) is 18.8. The van der Waals surface area contributed by atoms with Gasteiger partial charge in [0, 0.05) is 49.2 Å². The number of amides is 1. The number of hydrogen-bond donors (Lipinski definition) is 1. The Morgan fingerprint density at radius 2 is 2.11 bits per heavy atom. The second-order valence-electron chi connectivity index (χ2n) is 7.90. The maximum Gasteiger partial charge on any atom is 0.252 e. The predicted octanol–water partition coefficient (Wildman–Crippen LogP) is 2.95. The first kappa shape index (κ1) is 18.4. The molecular weight excluding hydrogens is 356 g/mol. The molecular formula is C21H28N4OS. The van der Waals surface area contributed by atoms with E-state index in [4.69, 9.17) is 0 Å². The molecule has 1 unspecified atom stereocenters. The van der Waals surface area contributed by atoms with Crippen molar-refractivity contribution in [2.24, 2.45) is 5.92 Å². The summed E-state index contributed by atoms with van der Waals surface area (Å²) in [5.41, 5.74) is 3.20. The Hall–Kier alpha value is -1.92. The second-order valence-corrected chi connectivity index (χ2v) is 8.86. The van der Waals surface area contributed by atoms with Crippen LogP contribution in [0, 0.1) is 5.92 Å². The zero-order valence-corrected chi connectivity index (χ0v) is 17.0. The van der Waals surface area contributed by atoms with Crippen LogP contribution in [-0.2, 0) is 19.4 Å². The highest BCUT2D eigenvalue weighted by atomic mass is 32.1. The first-order chi connectivity index (χ1) is 13.1. The Bertz CT molecular complexity index is 793. The quantitative estimate of drug-likeness (QED) is 0.881. The molecule has 1 aliphatic carbocycles. The zero-order valence-electron chi connectivity index (χ0n) is 16.2. The fraction of sp³-hybridized carbons (Fsp3) is 0.524. The van der Waals surface area contributed by atoms with E-state index in [2.05, 4.69) is 46.2 Å². The average Bonchev–Trinajstić information content (AvgIpc) is 3.10. The molecule has 0 bridgehead atoms. The van der Waals surface area contributed by atoms with Gasteiger partial charge in [0.15, 0.2) is 0 Å². The summed E-state index contributed by atoms with van der Waals surface area (Å²) in [5, 5.41) is 5.11. The number of fused-ring (bicyclic) bond motifs is 1. The number of aromatic nitrogens is 1. The average molecular weight is 385 g/mol. The number of piperazine rings is 1. The normalized spacial score (nSPS) is 20.4. The van der Waals surface area contributed by atoms with E-state index in [1.54, 1.807) is 11.3 Å². The van der Waals surface area contributed by atoms with E-state index in [9.17, 15) is 4.79 Å². The molecule has 1 fully saturated rings. The Labute approximate surface area is 165 Å². The molecule has 2 aromatic rings. The SMILES string of the molecule is CC1CCc2c(C(=O)NCc3ccc(N4CCN(C)CC4)nc3)csc2C1. The van der Waals surface area contributed by atoms with Gasteiger partial charge in [-0.15, -0.1) is 11.3 Å². The number of nitrogens with zero attached hydrogens (tertiary/aromatic N) is 3. The van der Waals surface area contributed by atoms with Crippen molar-refractivity contribution in [2.45, 2.75) is 32.7 Å². The van der Waals surface area contributed by atoms with Crippen LogP contribution in [0.15, 0.2) is 23.7 Å². The van der Waals surface area contributed by atoms with E-state index in [1.165, 1.54) is 16.9 Å². The van der Waals surface area contributed by atoms with Crippen molar-refractivity contribution in [3.05, 3.63) is 45.3 Å². The van der Waals surface area contributed by atoms with Gasteiger partial charge in [0.2, 0.25) is 0 Å². The summed E-state index contributed by atoms with van der Waals surface area (Å²) >= 11 is 1.74. The third kappa shape index (κ3) is 4.17. The monoisotopic (exact) mass is 384 g/mol. The molecule has 0 spiro atoms. The van der Waals surface area contributed by atoms with Crippen molar-refractivity contribution in [3.63, 3.8) is 0 Å². The summed E-state index contributed by atoms with van der Waals surface area (Å²) in [6.45, 7) is 6.99.